The minimum Gasteiger partial charge on any atom is -0.309 e. The Labute approximate surface area is 79.8 Å². The molecular formula is C10H17N3. The maximum atomic E-state index is 8.53. The molecule has 0 amide bonds. The summed E-state index contributed by atoms with van der Waals surface area (Å²) >= 11 is 0. The SMILES string of the molecule is CC(C#N)CNN=C1CCCCC1. The van der Waals surface area contributed by atoms with Gasteiger partial charge in [-0.1, -0.05) is 6.42 Å². The molecule has 0 aromatic rings. The van der Waals surface area contributed by atoms with E-state index in [1.807, 2.05) is 6.92 Å². The summed E-state index contributed by atoms with van der Waals surface area (Å²) < 4.78 is 0. The van der Waals surface area contributed by atoms with E-state index >= 15 is 0 Å². The third kappa shape index (κ3) is 3.93. The lowest BCUT2D eigenvalue weighted by Gasteiger charge is -2.12. The Kier molecular flexibility index (Phi) is 4.31. The zero-order valence-electron chi connectivity index (χ0n) is 8.21. The van der Waals surface area contributed by atoms with E-state index in [9.17, 15) is 0 Å². The van der Waals surface area contributed by atoms with Crippen LogP contribution in [0.25, 0.3) is 0 Å². The molecule has 0 spiro atoms. The molecule has 1 aliphatic carbocycles. The van der Waals surface area contributed by atoms with E-state index in [-0.39, 0.29) is 5.92 Å². The van der Waals surface area contributed by atoms with Crippen molar-refractivity contribution in [2.45, 2.75) is 39.0 Å². The molecule has 1 saturated carbocycles. The van der Waals surface area contributed by atoms with Crippen LogP contribution >= 0.6 is 0 Å². The summed E-state index contributed by atoms with van der Waals surface area (Å²) in [6, 6.07) is 2.17. The molecule has 1 unspecified atom stereocenters. The summed E-state index contributed by atoms with van der Waals surface area (Å²) in [5.74, 6) is 0.0490. The van der Waals surface area contributed by atoms with Gasteiger partial charge in [0.05, 0.1) is 12.0 Å². The minimum absolute atomic E-state index is 0.0490. The van der Waals surface area contributed by atoms with Crippen molar-refractivity contribution in [2.75, 3.05) is 6.54 Å². The fourth-order valence-electron chi connectivity index (χ4n) is 1.41. The van der Waals surface area contributed by atoms with Crippen LogP contribution in [0.3, 0.4) is 0 Å². The Morgan fingerprint density at radius 1 is 1.46 bits per heavy atom. The van der Waals surface area contributed by atoms with Crippen molar-refractivity contribution in [3.05, 3.63) is 0 Å². The molecule has 13 heavy (non-hydrogen) atoms. The van der Waals surface area contributed by atoms with Gasteiger partial charge in [0, 0.05) is 12.3 Å². The van der Waals surface area contributed by atoms with Gasteiger partial charge < -0.3 is 5.43 Å². The van der Waals surface area contributed by atoms with Crippen LogP contribution in [0.5, 0.6) is 0 Å². The largest absolute Gasteiger partial charge is 0.309 e. The van der Waals surface area contributed by atoms with Crippen molar-refractivity contribution in [2.24, 2.45) is 11.0 Å². The molecule has 0 aromatic heterocycles. The zero-order valence-corrected chi connectivity index (χ0v) is 8.21. The topological polar surface area (TPSA) is 48.2 Å². The Bertz CT molecular complexity index is 207. The molecular weight excluding hydrogens is 162 g/mol. The van der Waals surface area contributed by atoms with Crippen LogP contribution in [0.1, 0.15) is 39.0 Å². The van der Waals surface area contributed by atoms with Gasteiger partial charge in [0.25, 0.3) is 0 Å². The summed E-state index contributed by atoms with van der Waals surface area (Å²) in [4.78, 5) is 0. The van der Waals surface area contributed by atoms with Crippen molar-refractivity contribution in [1.82, 2.24) is 5.43 Å². The van der Waals surface area contributed by atoms with E-state index in [0.29, 0.717) is 6.54 Å². The van der Waals surface area contributed by atoms with E-state index < -0.39 is 0 Å². The summed E-state index contributed by atoms with van der Waals surface area (Å²) in [7, 11) is 0. The summed E-state index contributed by atoms with van der Waals surface area (Å²) in [5.41, 5.74) is 4.25. The first-order chi connectivity index (χ1) is 6.33. The highest BCUT2D eigenvalue weighted by Gasteiger charge is 2.06. The fraction of sp³-hybridized carbons (Fsp3) is 0.800. The van der Waals surface area contributed by atoms with Gasteiger partial charge in [-0.25, -0.2) is 0 Å². The van der Waals surface area contributed by atoms with Gasteiger partial charge in [-0.15, -0.1) is 0 Å². The van der Waals surface area contributed by atoms with Crippen LogP contribution in [0, 0.1) is 17.2 Å². The second-order valence-electron chi connectivity index (χ2n) is 3.63. The molecule has 72 valence electrons. The van der Waals surface area contributed by atoms with Crippen LogP contribution in [-0.2, 0) is 0 Å². The highest BCUT2D eigenvalue weighted by Crippen LogP contribution is 2.14. The summed E-state index contributed by atoms with van der Waals surface area (Å²) in [6.07, 6.45) is 6.15. The van der Waals surface area contributed by atoms with Crippen molar-refractivity contribution < 1.29 is 0 Å². The Morgan fingerprint density at radius 2 is 2.15 bits per heavy atom. The van der Waals surface area contributed by atoms with Crippen LogP contribution in [0.2, 0.25) is 0 Å². The molecule has 1 atom stereocenters. The second-order valence-corrected chi connectivity index (χ2v) is 3.63. The van der Waals surface area contributed by atoms with Gasteiger partial charge in [0.2, 0.25) is 0 Å². The predicted molar refractivity (Wildman–Crippen MR) is 53.3 cm³/mol. The first kappa shape index (κ1) is 10.0. The number of nitriles is 1. The first-order valence-electron chi connectivity index (χ1n) is 5.01. The van der Waals surface area contributed by atoms with E-state index in [2.05, 4.69) is 16.6 Å². The summed E-state index contributed by atoms with van der Waals surface area (Å²) in [6.45, 7) is 2.56. The van der Waals surface area contributed by atoms with Crippen molar-refractivity contribution in [3.8, 4) is 6.07 Å². The van der Waals surface area contributed by atoms with Crippen molar-refractivity contribution in [3.63, 3.8) is 0 Å². The first-order valence-corrected chi connectivity index (χ1v) is 5.01. The minimum atomic E-state index is 0.0490. The quantitative estimate of drug-likeness (QED) is 0.674. The molecule has 0 radical (unpaired) electrons. The molecule has 0 heterocycles. The lowest BCUT2D eigenvalue weighted by molar-refractivity contribution is 0.608. The number of hydrogen-bond donors (Lipinski definition) is 1. The smallest absolute Gasteiger partial charge is 0.0672 e. The van der Waals surface area contributed by atoms with Crippen LogP contribution in [0.4, 0.5) is 0 Å². The van der Waals surface area contributed by atoms with Gasteiger partial charge in [-0.2, -0.15) is 10.4 Å². The molecule has 0 saturated heterocycles. The van der Waals surface area contributed by atoms with Crippen LogP contribution in [0.15, 0.2) is 5.10 Å². The molecule has 0 aliphatic heterocycles. The van der Waals surface area contributed by atoms with Crippen molar-refractivity contribution >= 4 is 5.71 Å². The van der Waals surface area contributed by atoms with Gasteiger partial charge >= 0.3 is 0 Å². The highest BCUT2D eigenvalue weighted by molar-refractivity contribution is 5.84. The zero-order chi connectivity index (χ0) is 9.52. The number of hydrazone groups is 1. The monoisotopic (exact) mass is 179 g/mol. The van der Waals surface area contributed by atoms with Crippen LogP contribution in [-0.4, -0.2) is 12.3 Å². The molecule has 1 fully saturated rings. The molecule has 3 nitrogen and oxygen atoms in total. The van der Waals surface area contributed by atoms with Gasteiger partial charge in [-0.3, -0.25) is 0 Å². The Balaban J connectivity index is 2.19. The number of rotatable bonds is 3. The molecule has 1 aliphatic rings. The van der Waals surface area contributed by atoms with E-state index in [4.69, 9.17) is 5.26 Å². The van der Waals surface area contributed by atoms with Crippen LogP contribution < -0.4 is 5.43 Å². The molecule has 0 aromatic carbocycles. The van der Waals surface area contributed by atoms with Crippen molar-refractivity contribution in [1.29, 1.82) is 5.26 Å². The van der Waals surface area contributed by atoms with Gasteiger partial charge in [-0.05, 0) is 32.6 Å². The second kappa shape index (κ2) is 5.58. The Hall–Kier alpha value is -1.04. The lowest BCUT2D eigenvalue weighted by atomic mass is 9.99. The third-order valence-corrected chi connectivity index (χ3v) is 2.29. The predicted octanol–water partition coefficient (Wildman–Crippen LogP) is 2.06. The molecule has 0 bridgehead atoms. The lowest BCUT2D eigenvalue weighted by Crippen LogP contribution is -2.18. The molecule has 1 rings (SSSR count). The van der Waals surface area contributed by atoms with E-state index in [1.165, 1.54) is 25.0 Å². The number of nitrogens with zero attached hydrogens (tertiary/aromatic N) is 2. The fourth-order valence-corrected chi connectivity index (χ4v) is 1.41. The Morgan fingerprint density at radius 3 is 2.77 bits per heavy atom. The van der Waals surface area contributed by atoms with Gasteiger partial charge in [0.1, 0.15) is 0 Å². The maximum absolute atomic E-state index is 8.53. The molecule has 1 N–H and O–H groups in total. The average molecular weight is 179 g/mol. The highest BCUT2D eigenvalue weighted by atomic mass is 15.3. The average Bonchev–Trinajstić information content (AvgIpc) is 2.19. The third-order valence-electron chi connectivity index (χ3n) is 2.29. The maximum Gasteiger partial charge on any atom is 0.0672 e. The van der Waals surface area contributed by atoms with Gasteiger partial charge in [0.15, 0.2) is 0 Å². The standard InChI is InChI=1S/C10H17N3/c1-9(7-11)8-12-13-10-5-3-2-4-6-10/h9,12H,2-6,8H2,1H3. The molecule has 3 heteroatoms. The van der Waals surface area contributed by atoms with E-state index in [0.717, 1.165) is 12.8 Å². The normalized spacial score (nSPS) is 18.9. The van der Waals surface area contributed by atoms with E-state index in [1.54, 1.807) is 0 Å². The number of hydrogen-bond acceptors (Lipinski definition) is 3. The number of nitrogens with one attached hydrogen (secondary N) is 1. The summed E-state index contributed by atoms with van der Waals surface area (Å²) in [5, 5.41) is 12.8.